The van der Waals surface area contributed by atoms with Crippen LogP contribution in [0.1, 0.15) is 15.9 Å². The molecule has 0 aromatic heterocycles. The largest absolute Gasteiger partial charge is 0.478 e. The second-order valence-corrected chi connectivity index (χ2v) is 7.01. The molecular formula is C16H18N2O5S. The molecule has 0 aliphatic heterocycles. The second-order valence-electron chi connectivity index (χ2n) is 5.11. The molecule has 2 aromatic rings. The van der Waals surface area contributed by atoms with Crippen LogP contribution in [0.5, 0.6) is 0 Å². The second kappa shape index (κ2) is 7.43. The van der Waals surface area contributed by atoms with E-state index in [1.165, 1.54) is 6.07 Å². The van der Waals surface area contributed by atoms with Crippen molar-refractivity contribution in [2.45, 2.75) is 11.4 Å². The summed E-state index contributed by atoms with van der Waals surface area (Å²) in [7, 11) is -4.15. The molecule has 4 N–H and O–H groups in total. The molecule has 0 amide bonds. The Bertz CT molecular complexity index is 822. The summed E-state index contributed by atoms with van der Waals surface area (Å²) in [6.45, 7) is -0.542. The molecule has 2 aromatic carbocycles. The van der Waals surface area contributed by atoms with Gasteiger partial charge in [0, 0.05) is 18.8 Å². The van der Waals surface area contributed by atoms with E-state index < -0.39 is 22.6 Å². The highest BCUT2D eigenvalue weighted by atomic mass is 32.2. The van der Waals surface area contributed by atoms with Gasteiger partial charge < -0.3 is 15.9 Å². The van der Waals surface area contributed by atoms with Gasteiger partial charge in [-0.3, -0.25) is 0 Å². The molecule has 0 saturated heterocycles. The van der Waals surface area contributed by atoms with E-state index in [2.05, 4.69) is 0 Å². The summed E-state index contributed by atoms with van der Waals surface area (Å²) in [6.07, 6.45) is 0. The van der Waals surface area contributed by atoms with Crippen LogP contribution in [-0.2, 0) is 16.6 Å². The molecule has 0 atom stereocenters. The minimum Gasteiger partial charge on any atom is -0.478 e. The molecule has 7 nitrogen and oxygen atoms in total. The van der Waals surface area contributed by atoms with Crippen molar-refractivity contribution in [3.63, 3.8) is 0 Å². The van der Waals surface area contributed by atoms with Gasteiger partial charge >= 0.3 is 5.97 Å². The number of benzene rings is 2. The summed E-state index contributed by atoms with van der Waals surface area (Å²) >= 11 is 0. The molecule has 0 radical (unpaired) electrons. The van der Waals surface area contributed by atoms with Crippen LogP contribution in [-0.4, -0.2) is 42.1 Å². The summed E-state index contributed by atoms with van der Waals surface area (Å²) in [5, 5.41) is 18.5. The number of carboxylic acids is 1. The van der Waals surface area contributed by atoms with Gasteiger partial charge in [-0.25, -0.2) is 13.2 Å². The van der Waals surface area contributed by atoms with E-state index in [0.29, 0.717) is 0 Å². The van der Waals surface area contributed by atoms with Gasteiger partial charge in [-0.1, -0.05) is 30.3 Å². The Morgan fingerprint density at radius 1 is 1.12 bits per heavy atom. The maximum absolute atomic E-state index is 12.9. The molecule has 128 valence electrons. The number of aromatic carboxylic acids is 1. The average molecular weight is 350 g/mol. The van der Waals surface area contributed by atoms with Crippen molar-refractivity contribution in [3.05, 3.63) is 59.7 Å². The lowest BCUT2D eigenvalue weighted by Gasteiger charge is -2.22. The van der Waals surface area contributed by atoms with Gasteiger partial charge in [0.25, 0.3) is 0 Å². The number of carboxylic acid groups (broad SMARTS) is 1. The van der Waals surface area contributed by atoms with Gasteiger partial charge in [0.15, 0.2) is 0 Å². The number of sulfonamides is 1. The predicted molar refractivity (Wildman–Crippen MR) is 88.9 cm³/mol. The van der Waals surface area contributed by atoms with Gasteiger partial charge in [0.1, 0.15) is 0 Å². The standard InChI is InChI=1S/C16H18N2O5S/c17-13-6-7-14(16(20)21)15(10-13)24(22,23)18(8-9-19)11-12-4-2-1-3-5-12/h1-7,10,19H,8-9,11,17H2,(H,20,21). The molecular weight excluding hydrogens is 332 g/mol. The van der Waals surface area contributed by atoms with E-state index in [4.69, 9.17) is 5.73 Å². The van der Waals surface area contributed by atoms with E-state index in [1.54, 1.807) is 30.3 Å². The first-order chi connectivity index (χ1) is 11.4. The van der Waals surface area contributed by atoms with E-state index in [1.807, 2.05) is 0 Å². The molecule has 24 heavy (non-hydrogen) atoms. The number of rotatable bonds is 7. The Balaban J connectivity index is 2.49. The maximum atomic E-state index is 12.9. The van der Waals surface area contributed by atoms with Crippen LogP contribution in [0.4, 0.5) is 5.69 Å². The van der Waals surface area contributed by atoms with Crippen LogP contribution in [0.25, 0.3) is 0 Å². The van der Waals surface area contributed by atoms with Crippen molar-refractivity contribution in [2.75, 3.05) is 18.9 Å². The lowest BCUT2D eigenvalue weighted by Crippen LogP contribution is -2.34. The van der Waals surface area contributed by atoms with E-state index in [-0.39, 0.29) is 29.2 Å². The molecule has 8 heteroatoms. The number of aliphatic hydroxyl groups excluding tert-OH is 1. The fraction of sp³-hybridized carbons (Fsp3) is 0.188. The molecule has 0 aliphatic rings. The first-order valence-electron chi connectivity index (χ1n) is 7.14. The Hall–Kier alpha value is -2.42. The fourth-order valence-corrected chi connectivity index (χ4v) is 3.89. The normalized spacial score (nSPS) is 11.6. The molecule has 0 fully saturated rings. The SMILES string of the molecule is Nc1ccc(C(=O)O)c(S(=O)(=O)N(CCO)Cc2ccccc2)c1. The molecule has 0 unspecified atom stereocenters. The number of aliphatic hydroxyl groups is 1. The highest BCUT2D eigenvalue weighted by Crippen LogP contribution is 2.24. The van der Waals surface area contributed by atoms with Crippen LogP contribution in [0.15, 0.2) is 53.4 Å². The number of hydrogen-bond donors (Lipinski definition) is 3. The maximum Gasteiger partial charge on any atom is 0.337 e. The molecule has 2 rings (SSSR count). The quantitative estimate of drug-likeness (QED) is 0.644. The first-order valence-corrected chi connectivity index (χ1v) is 8.58. The minimum atomic E-state index is -4.15. The van der Waals surface area contributed by atoms with Crippen LogP contribution in [0, 0.1) is 0 Å². The van der Waals surface area contributed by atoms with E-state index in [0.717, 1.165) is 22.0 Å². The smallest absolute Gasteiger partial charge is 0.337 e. The third kappa shape index (κ3) is 3.91. The van der Waals surface area contributed by atoms with Crippen LogP contribution < -0.4 is 5.73 Å². The van der Waals surface area contributed by atoms with E-state index in [9.17, 15) is 23.4 Å². The monoisotopic (exact) mass is 350 g/mol. The predicted octanol–water partition coefficient (Wildman–Crippen LogP) is 1.15. The Morgan fingerprint density at radius 3 is 2.38 bits per heavy atom. The zero-order valence-electron chi connectivity index (χ0n) is 12.8. The lowest BCUT2D eigenvalue weighted by molar-refractivity contribution is 0.0692. The Morgan fingerprint density at radius 2 is 1.79 bits per heavy atom. The Labute approximate surface area is 140 Å². The molecule has 0 bridgehead atoms. The first kappa shape index (κ1) is 17.9. The van der Waals surface area contributed by atoms with Crippen molar-refractivity contribution in [1.29, 1.82) is 0 Å². The van der Waals surface area contributed by atoms with Crippen LogP contribution in [0.3, 0.4) is 0 Å². The fourth-order valence-electron chi connectivity index (χ4n) is 2.25. The number of anilines is 1. The van der Waals surface area contributed by atoms with Crippen molar-refractivity contribution >= 4 is 21.7 Å². The summed E-state index contributed by atoms with van der Waals surface area (Å²) < 4.78 is 26.8. The average Bonchev–Trinajstić information content (AvgIpc) is 2.55. The summed E-state index contributed by atoms with van der Waals surface area (Å²) in [6, 6.07) is 12.4. The van der Waals surface area contributed by atoms with Gasteiger partial charge in [-0.15, -0.1) is 0 Å². The van der Waals surface area contributed by atoms with Crippen molar-refractivity contribution in [3.8, 4) is 0 Å². The zero-order chi connectivity index (χ0) is 17.7. The zero-order valence-corrected chi connectivity index (χ0v) is 13.6. The highest BCUT2D eigenvalue weighted by molar-refractivity contribution is 7.89. The van der Waals surface area contributed by atoms with Crippen molar-refractivity contribution in [2.24, 2.45) is 0 Å². The minimum absolute atomic E-state index is 0.0115. The number of nitrogens with two attached hydrogens (primary N) is 1. The van der Waals surface area contributed by atoms with E-state index >= 15 is 0 Å². The topological polar surface area (TPSA) is 121 Å². The summed E-state index contributed by atoms with van der Waals surface area (Å²) in [5.41, 5.74) is 6.12. The number of carbonyl (C=O) groups is 1. The van der Waals surface area contributed by atoms with Gasteiger partial charge in [-0.05, 0) is 23.8 Å². The molecule has 0 aliphatic carbocycles. The number of nitrogens with zero attached hydrogens (tertiary/aromatic N) is 1. The van der Waals surface area contributed by atoms with Crippen LogP contribution in [0.2, 0.25) is 0 Å². The third-order valence-electron chi connectivity index (χ3n) is 3.41. The van der Waals surface area contributed by atoms with Gasteiger partial charge in [0.05, 0.1) is 17.1 Å². The summed E-state index contributed by atoms with van der Waals surface area (Å²) in [5.74, 6) is -1.36. The van der Waals surface area contributed by atoms with Crippen molar-refractivity contribution < 1.29 is 23.4 Å². The molecule has 0 saturated carbocycles. The molecule has 0 heterocycles. The lowest BCUT2D eigenvalue weighted by atomic mass is 10.2. The number of nitrogen functional groups attached to an aromatic ring is 1. The molecule has 0 spiro atoms. The van der Waals surface area contributed by atoms with Crippen molar-refractivity contribution in [1.82, 2.24) is 4.31 Å². The van der Waals surface area contributed by atoms with Gasteiger partial charge in [-0.2, -0.15) is 4.31 Å². The Kier molecular flexibility index (Phi) is 5.55. The van der Waals surface area contributed by atoms with Gasteiger partial charge in [0.2, 0.25) is 10.0 Å². The summed E-state index contributed by atoms with van der Waals surface area (Å²) in [4.78, 5) is 11.0. The highest BCUT2D eigenvalue weighted by Gasteiger charge is 2.29. The number of hydrogen-bond acceptors (Lipinski definition) is 5. The van der Waals surface area contributed by atoms with Crippen LogP contribution >= 0.6 is 0 Å². The third-order valence-corrected chi connectivity index (χ3v) is 5.29.